The van der Waals surface area contributed by atoms with Crippen LogP contribution in [0, 0.1) is 0 Å². The van der Waals surface area contributed by atoms with Gasteiger partial charge in [-0.3, -0.25) is 4.90 Å². The maximum absolute atomic E-state index is 8.57. The molecule has 1 aliphatic heterocycles. The highest BCUT2D eigenvalue weighted by molar-refractivity contribution is 5.79. The Morgan fingerprint density at radius 2 is 2.37 bits per heavy atom. The van der Waals surface area contributed by atoms with Crippen molar-refractivity contribution < 1.29 is 14.7 Å². The third-order valence-electron chi connectivity index (χ3n) is 3.23. The predicted octanol–water partition coefficient (Wildman–Crippen LogP) is -0.598. The first-order valence-corrected chi connectivity index (χ1v) is 6.63. The van der Waals surface area contributed by atoms with E-state index in [0.29, 0.717) is 13.0 Å². The first-order chi connectivity index (χ1) is 9.15. The second-order valence-electron chi connectivity index (χ2n) is 4.89. The minimum atomic E-state index is 0.211. The van der Waals surface area contributed by atoms with Gasteiger partial charge in [-0.25, -0.2) is 0 Å². The van der Waals surface area contributed by atoms with Crippen molar-refractivity contribution in [3.63, 3.8) is 0 Å². The number of hydrogen-bond donors (Lipinski definition) is 2. The van der Waals surface area contributed by atoms with Crippen LogP contribution < -0.4 is 5.73 Å². The number of likely N-dealkylation sites (N-methyl/N-ethyl adjacent to an activating group) is 1. The van der Waals surface area contributed by atoms with E-state index in [0.717, 1.165) is 39.3 Å². The summed E-state index contributed by atoms with van der Waals surface area (Å²) in [6.45, 7) is 5.76. The Morgan fingerprint density at radius 1 is 1.58 bits per heavy atom. The van der Waals surface area contributed by atoms with Crippen LogP contribution in [-0.4, -0.2) is 87.0 Å². The first-order valence-electron chi connectivity index (χ1n) is 6.63. The normalized spacial score (nSPS) is 22.1. The van der Waals surface area contributed by atoms with Gasteiger partial charge < -0.3 is 25.3 Å². The van der Waals surface area contributed by atoms with E-state index in [1.165, 1.54) is 0 Å². The van der Waals surface area contributed by atoms with Gasteiger partial charge in [-0.15, -0.1) is 0 Å². The van der Waals surface area contributed by atoms with Crippen LogP contribution in [0.4, 0.5) is 0 Å². The molecule has 1 heterocycles. The molecule has 0 amide bonds. The first kappa shape index (κ1) is 16.2. The van der Waals surface area contributed by atoms with Crippen LogP contribution in [0.1, 0.15) is 6.42 Å². The Kier molecular flexibility index (Phi) is 7.73. The van der Waals surface area contributed by atoms with E-state index in [-0.39, 0.29) is 11.9 Å². The standard InChI is InChI=1S/C12H26N4O3/c1-15-5-8-19-11(9-15)10-16(6-7-18-2)4-3-12(13)14-17/h11,17H,3-10H2,1-2H3,(H2,13,14). The zero-order chi connectivity index (χ0) is 14.1. The minimum Gasteiger partial charge on any atom is -0.409 e. The molecule has 1 fully saturated rings. The quantitative estimate of drug-likeness (QED) is 0.266. The van der Waals surface area contributed by atoms with Gasteiger partial charge in [0.1, 0.15) is 5.84 Å². The SMILES string of the molecule is COCCN(CCC(N)=NO)CC1CN(C)CCO1. The summed E-state index contributed by atoms with van der Waals surface area (Å²) in [6, 6.07) is 0. The Labute approximate surface area is 114 Å². The van der Waals surface area contributed by atoms with Gasteiger partial charge in [-0.05, 0) is 7.05 Å². The molecule has 0 aliphatic carbocycles. The number of rotatable bonds is 8. The van der Waals surface area contributed by atoms with Crippen molar-refractivity contribution in [1.82, 2.24) is 9.80 Å². The molecule has 0 spiro atoms. The molecule has 7 heteroatoms. The lowest BCUT2D eigenvalue weighted by Crippen LogP contribution is -2.47. The van der Waals surface area contributed by atoms with E-state index in [9.17, 15) is 0 Å². The molecule has 1 atom stereocenters. The molecule has 1 unspecified atom stereocenters. The van der Waals surface area contributed by atoms with Crippen molar-refractivity contribution in [2.24, 2.45) is 10.9 Å². The average molecular weight is 274 g/mol. The van der Waals surface area contributed by atoms with Crippen molar-refractivity contribution in [2.45, 2.75) is 12.5 Å². The van der Waals surface area contributed by atoms with E-state index in [4.69, 9.17) is 20.4 Å². The van der Waals surface area contributed by atoms with Crippen molar-refractivity contribution in [2.75, 3.05) is 60.1 Å². The van der Waals surface area contributed by atoms with Gasteiger partial charge in [0.15, 0.2) is 0 Å². The third kappa shape index (κ3) is 6.72. The number of morpholine rings is 1. The van der Waals surface area contributed by atoms with E-state index >= 15 is 0 Å². The average Bonchev–Trinajstić information content (AvgIpc) is 2.41. The largest absolute Gasteiger partial charge is 0.409 e. The van der Waals surface area contributed by atoms with Crippen molar-refractivity contribution in [3.05, 3.63) is 0 Å². The summed E-state index contributed by atoms with van der Waals surface area (Å²) >= 11 is 0. The molecule has 1 rings (SSSR count). The van der Waals surface area contributed by atoms with Gasteiger partial charge in [-0.2, -0.15) is 0 Å². The van der Waals surface area contributed by atoms with Crippen LogP contribution in [0.3, 0.4) is 0 Å². The number of nitrogens with two attached hydrogens (primary N) is 1. The fourth-order valence-electron chi connectivity index (χ4n) is 2.10. The van der Waals surface area contributed by atoms with E-state index in [1.807, 2.05) is 0 Å². The van der Waals surface area contributed by atoms with Crippen LogP contribution in [-0.2, 0) is 9.47 Å². The zero-order valence-corrected chi connectivity index (χ0v) is 11.9. The Morgan fingerprint density at radius 3 is 3.00 bits per heavy atom. The number of oxime groups is 1. The Balaban J connectivity index is 2.38. The molecular weight excluding hydrogens is 248 g/mol. The second-order valence-corrected chi connectivity index (χ2v) is 4.89. The molecule has 3 N–H and O–H groups in total. The van der Waals surface area contributed by atoms with Crippen molar-refractivity contribution >= 4 is 5.84 Å². The van der Waals surface area contributed by atoms with Crippen molar-refractivity contribution in [3.8, 4) is 0 Å². The van der Waals surface area contributed by atoms with E-state index in [1.54, 1.807) is 7.11 Å². The highest BCUT2D eigenvalue weighted by Crippen LogP contribution is 2.06. The molecule has 0 aromatic carbocycles. The summed E-state index contributed by atoms with van der Waals surface area (Å²) in [4.78, 5) is 4.50. The number of amidine groups is 1. The highest BCUT2D eigenvalue weighted by atomic mass is 16.5. The number of ether oxygens (including phenoxy) is 2. The molecule has 0 aromatic heterocycles. The molecule has 0 saturated carbocycles. The summed E-state index contributed by atoms with van der Waals surface area (Å²) < 4.78 is 10.9. The maximum atomic E-state index is 8.57. The van der Waals surface area contributed by atoms with Gasteiger partial charge in [0.25, 0.3) is 0 Å². The highest BCUT2D eigenvalue weighted by Gasteiger charge is 2.20. The maximum Gasteiger partial charge on any atom is 0.140 e. The molecule has 7 nitrogen and oxygen atoms in total. The molecule has 0 aromatic rings. The molecule has 0 bridgehead atoms. The van der Waals surface area contributed by atoms with E-state index in [2.05, 4.69) is 22.0 Å². The summed E-state index contributed by atoms with van der Waals surface area (Å²) in [5.74, 6) is 0.254. The van der Waals surface area contributed by atoms with E-state index < -0.39 is 0 Å². The number of hydrogen-bond acceptors (Lipinski definition) is 6. The monoisotopic (exact) mass is 274 g/mol. The summed E-state index contributed by atoms with van der Waals surface area (Å²) in [6.07, 6.45) is 0.755. The summed E-state index contributed by atoms with van der Waals surface area (Å²) in [7, 11) is 3.79. The predicted molar refractivity (Wildman–Crippen MR) is 73.6 cm³/mol. The van der Waals surface area contributed by atoms with Crippen LogP contribution in [0.5, 0.6) is 0 Å². The molecular formula is C12H26N4O3. The van der Waals surface area contributed by atoms with Crippen LogP contribution in [0.15, 0.2) is 5.16 Å². The van der Waals surface area contributed by atoms with Gasteiger partial charge in [-0.1, -0.05) is 5.16 Å². The molecule has 112 valence electrons. The van der Waals surface area contributed by atoms with Crippen LogP contribution >= 0.6 is 0 Å². The van der Waals surface area contributed by atoms with Gasteiger partial charge in [0.2, 0.25) is 0 Å². The molecule has 1 aliphatic rings. The topological polar surface area (TPSA) is 83.5 Å². The van der Waals surface area contributed by atoms with Gasteiger partial charge in [0, 0.05) is 46.3 Å². The molecule has 19 heavy (non-hydrogen) atoms. The van der Waals surface area contributed by atoms with Gasteiger partial charge >= 0.3 is 0 Å². The zero-order valence-electron chi connectivity index (χ0n) is 11.9. The van der Waals surface area contributed by atoms with Crippen LogP contribution in [0.2, 0.25) is 0 Å². The fraction of sp³-hybridized carbons (Fsp3) is 0.917. The Bertz CT molecular complexity index is 276. The van der Waals surface area contributed by atoms with Gasteiger partial charge in [0.05, 0.1) is 19.3 Å². The van der Waals surface area contributed by atoms with Crippen molar-refractivity contribution in [1.29, 1.82) is 0 Å². The minimum absolute atomic E-state index is 0.211. The lowest BCUT2D eigenvalue weighted by atomic mass is 10.2. The van der Waals surface area contributed by atoms with Crippen LogP contribution in [0.25, 0.3) is 0 Å². The second kappa shape index (κ2) is 9.08. The number of methoxy groups -OCH3 is 1. The smallest absolute Gasteiger partial charge is 0.140 e. The lowest BCUT2D eigenvalue weighted by molar-refractivity contribution is -0.0373. The lowest BCUT2D eigenvalue weighted by Gasteiger charge is -2.33. The Hall–Kier alpha value is -0.890. The third-order valence-corrected chi connectivity index (χ3v) is 3.23. The summed E-state index contributed by atoms with van der Waals surface area (Å²) in [5, 5.41) is 11.6. The molecule has 0 radical (unpaired) electrons. The number of nitrogens with zero attached hydrogens (tertiary/aromatic N) is 3. The summed E-state index contributed by atoms with van der Waals surface area (Å²) in [5.41, 5.74) is 5.51. The molecule has 1 saturated heterocycles. The fourth-order valence-corrected chi connectivity index (χ4v) is 2.10.